The molecule has 4 heteroatoms. The number of nitrogens with zero attached hydrogens (tertiary/aromatic N) is 1. The lowest BCUT2D eigenvalue weighted by Gasteiger charge is -2.28. The topological polar surface area (TPSA) is 41.6 Å². The number of hydrogen-bond donors (Lipinski definition) is 1. The highest BCUT2D eigenvalue weighted by Gasteiger charge is 2.29. The van der Waals surface area contributed by atoms with Crippen molar-refractivity contribution in [3.63, 3.8) is 0 Å². The minimum atomic E-state index is -0.474. The molecule has 1 N–H and O–H groups in total. The average Bonchev–Trinajstić information content (AvgIpc) is 2.63. The molecule has 1 heterocycles. The number of amides is 1. The van der Waals surface area contributed by atoms with Crippen LogP contribution >= 0.6 is 0 Å². The first kappa shape index (κ1) is 16.8. The van der Waals surface area contributed by atoms with Crippen LogP contribution in [0.4, 0.5) is 10.5 Å². The number of carbonyl (C=O) groups is 1. The summed E-state index contributed by atoms with van der Waals surface area (Å²) >= 11 is 0. The molecule has 0 aliphatic carbocycles. The van der Waals surface area contributed by atoms with Crippen molar-refractivity contribution in [2.45, 2.75) is 58.6 Å². The van der Waals surface area contributed by atoms with Gasteiger partial charge < -0.3 is 10.1 Å². The molecule has 0 radical (unpaired) electrons. The molecule has 1 unspecified atom stereocenters. The maximum absolute atomic E-state index is 12.5. The number of nitrogens with one attached hydrogen (secondary N) is 1. The molecule has 0 spiro atoms. The van der Waals surface area contributed by atoms with Crippen LogP contribution in [0.1, 0.15) is 58.6 Å². The van der Waals surface area contributed by atoms with Gasteiger partial charge in [0, 0.05) is 12.6 Å². The van der Waals surface area contributed by atoms with Crippen LogP contribution < -0.4 is 10.2 Å². The van der Waals surface area contributed by atoms with Crippen molar-refractivity contribution in [3.8, 4) is 0 Å². The minimum absolute atomic E-state index is 0.254. The fourth-order valence-corrected chi connectivity index (χ4v) is 2.79. The second-order valence-corrected chi connectivity index (χ2v) is 6.84. The zero-order valence-corrected chi connectivity index (χ0v) is 14.2. The monoisotopic (exact) mass is 304 g/mol. The molecule has 1 amide bonds. The number of rotatable bonds is 3. The van der Waals surface area contributed by atoms with E-state index in [4.69, 9.17) is 4.74 Å². The van der Waals surface area contributed by atoms with Crippen LogP contribution in [0.25, 0.3) is 0 Å². The number of benzene rings is 1. The number of para-hydroxylation sites is 1. The van der Waals surface area contributed by atoms with Crippen molar-refractivity contribution < 1.29 is 9.53 Å². The summed E-state index contributed by atoms with van der Waals surface area (Å²) in [5.41, 5.74) is 1.69. The van der Waals surface area contributed by atoms with Gasteiger partial charge in [0.15, 0.2) is 0 Å². The van der Waals surface area contributed by atoms with E-state index >= 15 is 0 Å². The van der Waals surface area contributed by atoms with Crippen molar-refractivity contribution in [2.24, 2.45) is 0 Å². The Hall–Kier alpha value is -1.55. The number of ether oxygens (including phenoxy) is 1. The van der Waals surface area contributed by atoms with Gasteiger partial charge in [0.2, 0.25) is 0 Å². The summed E-state index contributed by atoms with van der Waals surface area (Å²) in [6, 6.07) is 8.47. The minimum Gasteiger partial charge on any atom is -0.443 e. The van der Waals surface area contributed by atoms with Crippen LogP contribution in [0.3, 0.4) is 0 Å². The summed E-state index contributed by atoms with van der Waals surface area (Å²) in [5.74, 6) is 0. The molecule has 122 valence electrons. The standard InChI is InChI=1S/C18H28N2O2/c1-5-12-19-15-10-8-13-20(17(21)22-18(2,3)4)16-11-7-6-9-14(15)16/h6-7,9,11,15,19H,5,8,10,12-13H2,1-4H3. The Morgan fingerprint density at radius 1 is 1.36 bits per heavy atom. The molecule has 1 aliphatic heterocycles. The zero-order chi connectivity index (χ0) is 16.2. The Kier molecular flexibility index (Phi) is 5.46. The van der Waals surface area contributed by atoms with Gasteiger partial charge in [-0.3, -0.25) is 4.90 Å². The normalized spacial score (nSPS) is 18.5. The van der Waals surface area contributed by atoms with Crippen LogP contribution in [0.2, 0.25) is 0 Å². The quantitative estimate of drug-likeness (QED) is 0.907. The molecule has 1 aromatic carbocycles. The Labute approximate surface area is 133 Å². The summed E-state index contributed by atoms with van der Waals surface area (Å²) < 4.78 is 5.57. The first-order valence-corrected chi connectivity index (χ1v) is 8.25. The Bertz CT molecular complexity index is 508. The number of carbonyl (C=O) groups excluding carboxylic acids is 1. The third-order valence-corrected chi connectivity index (χ3v) is 3.73. The van der Waals surface area contributed by atoms with E-state index in [0.717, 1.165) is 31.5 Å². The molecule has 0 saturated carbocycles. The van der Waals surface area contributed by atoms with Gasteiger partial charge in [-0.2, -0.15) is 0 Å². The summed E-state index contributed by atoms with van der Waals surface area (Å²) in [5, 5.41) is 3.60. The van der Waals surface area contributed by atoms with E-state index in [0.29, 0.717) is 12.6 Å². The highest BCUT2D eigenvalue weighted by Crippen LogP contribution is 2.33. The van der Waals surface area contributed by atoms with Gasteiger partial charge in [-0.15, -0.1) is 0 Å². The van der Waals surface area contributed by atoms with Gasteiger partial charge in [-0.05, 0) is 58.2 Å². The molecule has 0 saturated heterocycles. The van der Waals surface area contributed by atoms with Crippen LogP contribution in [0.5, 0.6) is 0 Å². The van der Waals surface area contributed by atoms with Crippen LogP contribution in [0.15, 0.2) is 24.3 Å². The van der Waals surface area contributed by atoms with Gasteiger partial charge in [-0.1, -0.05) is 25.1 Å². The van der Waals surface area contributed by atoms with E-state index in [1.54, 1.807) is 4.90 Å². The highest BCUT2D eigenvalue weighted by molar-refractivity contribution is 5.89. The third kappa shape index (κ3) is 4.23. The molecule has 1 aliphatic rings. The van der Waals surface area contributed by atoms with Gasteiger partial charge in [-0.25, -0.2) is 4.79 Å². The largest absolute Gasteiger partial charge is 0.443 e. The summed E-state index contributed by atoms with van der Waals surface area (Å²) in [4.78, 5) is 14.3. The summed E-state index contributed by atoms with van der Waals surface area (Å²) in [6.45, 7) is 9.57. The molecular weight excluding hydrogens is 276 g/mol. The Balaban J connectivity index is 2.27. The maximum atomic E-state index is 12.5. The highest BCUT2D eigenvalue weighted by atomic mass is 16.6. The van der Waals surface area contributed by atoms with Crippen molar-refractivity contribution >= 4 is 11.8 Å². The van der Waals surface area contributed by atoms with Gasteiger partial charge in [0.05, 0.1) is 5.69 Å². The summed E-state index contributed by atoms with van der Waals surface area (Å²) in [6.07, 6.45) is 2.86. The van der Waals surface area contributed by atoms with Crippen molar-refractivity contribution in [1.82, 2.24) is 5.32 Å². The number of hydrogen-bond acceptors (Lipinski definition) is 3. The first-order valence-electron chi connectivity index (χ1n) is 8.25. The molecule has 1 aromatic rings. The van der Waals surface area contributed by atoms with Crippen molar-refractivity contribution in [2.75, 3.05) is 18.0 Å². The Morgan fingerprint density at radius 3 is 2.77 bits per heavy atom. The smallest absolute Gasteiger partial charge is 0.414 e. The van der Waals surface area contributed by atoms with Crippen LogP contribution in [-0.4, -0.2) is 24.8 Å². The van der Waals surface area contributed by atoms with Crippen molar-refractivity contribution in [3.05, 3.63) is 29.8 Å². The molecule has 4 nitrogen and oxygen atoms in total. The van der Waals surface area contributed by atoms with Gasteiger partial charge in [0.25, 0.3) is 0 Å². The van der Waals surface area contributed by atoms with E-state index in [9.17, 15) is 4.79 Å². The Morgan fingerprint density at radius 2 is 2.09 bits per heavy atom. The van der Waals surface area contributed by atoms with Crippen LogP contribution in [-0.2, 0) is 4.74 Å². The molecule has 0 aromatic heterocycles. The summed E-state index contributed by atoms with van der Waals surface area (Å²) in [7, 11) is 0. The van der Waals surface area contributed by atoms with E-state index in [2.05, 4.69) is 18.3 Å². The maximum Gasteiger partial charge on any atom is 0.414 e. The van der Waals surface area contributed by atoms with Gasteiger partial charge in [0.1, 0.15) is 5.60 Å². The molecule has 0 bridgehead atoms. The third-order valence-electron chi connectivity index (χ3n) is 3.73. The zero-order valence-electron chi connectivity index (χ0n) is 14.2. The molecular formula is C18H28N2O2. The van der Waals surface area contributed by atoms with Gasteiger partial charge >= 0.3 is 6.09 Å². The molecule has 0 fully saturated rings. The number of anilines is 1. The SMILES string of the molecule is CCCNC1CCCN(C(=O)OC(C)(C)C)c2ccccc21. The predicted molar refractivity (Wildman–Crippen MR) is 90.3 cm³/mol. The lowest BCUT2D eigenvalue weighted by atomic mass is 10.0. The first-order chi connectivity index (χ1) is 10.4. The molecule has 1 atom stereocenters. The van der Waals surface area contributed by atoms with Crippen molar-refractivity contribution in [1.29, 1.82) is 0 Å². The van der Waals surface area contributed by atoms with E-state index in [1.807, 2.05) is 39.0 Å². The lowest BCUT2D eigenvalue weighted by Crippen LogP contribution is -2.37. The molecule has 2 rings (SSSR count). The predicted octanol–water partition coefficient (Wildman–Crippen LogP) is 4.26. The average molecular weight is 304 g/mol. The molecule has 22 heavy (non-hydrogen) atoms. The fraction of sp³-hybridized carbons (Fsp3) is 0.611. The second kappa shape index (κ2) is 7.14. The fourth-order valence-electron chi connectivity index (χ4n) is 2.79. The second-order valence-electron chi connectivity index (χ2n) is 6.84. The van der Waals surface area contributed by atoms with E-state index in [-0.39, 0.29) is 6.09 Å². The van der Waals surface area contributed by atoms with E-state index in [1.165, 1.54) is 5.56 Å². The van der Waals surface area contributed by atoms with E-state index < -0.39 is 5.60 Å². The lowest BCUT2D eigenvalue weighted by molar-refractivity contribution is 0.0580. The van der Waals surface area contributed by atoms with Crippen LogP contribution in [0, 0.1) is 0 Å². The number of fused-ring (bicyclic) bond motifs is 1.